The fourth-order valence-electron chi connectivity index (χ4n) is 10.2. The number of anilines is 6. The molecule has 74 heavy (non-hydrogen) atoms. The molecule has 4 aromatic heterocycles. The van der Waals surface area contributed by atoms with Gasteiger partial charge < -0.3 is 9.80 Å². The summed E-state index contributed by atoms with van der Waals surface area (Å²) in [6.45, 7) is 0. The molecule has 0 radical (unpaired) electrons. The Balaban J connectivity index is 0.823. The van der Waals surface area contributed by atoms with Gasteiger partial charge in [0, 0.05) is 68.8 Å². The van der Waals surface area contributed by atoms with Crippen LogP contribution in [-0.2, 0) is 0 Å². The van der Waals surface area contributed by atoms with Crippen molar-refractivity contribution in [1.29, 1.82) is 0 Å². The minimum Gasteiger partial charge on any atom is -0.311 e. The second kappa shape index (κ2) is 19.3. The van der Waals surface area contributed by atoms with E-state index in [4.69, 9.17) is 9.97 Å². The van der Waals surface area contributed by atoms with Gasteiger partial charge in [0.2, 0.25) is 0 Å². The Kier molecular flexibility index (Phi) is 11.4. The first-order valence-electron chi connectivity index (χ1n) is 25.0. The van der Waals surface area contributed by atoms with Gasteiger partial charge in [0.25, 0.3) is 0 Å². The zero-order chi connectivity index (χ0) is 49.2. The quantitative estimate of drug-likeness (QED) is 0.122. The van der Waals surface area contributed by atoms with E-state index in [0.717, 1.165) is 102 Å². The molecule has 350 valence electrons. The van der Waals surface area contributed by atoms with Crippen LogP contribution in [0.15, 0.2) is 291 Å². The molecule has 0 aliphatic carbocycles. The summed E-state index contributed by atoms with van der Waals surface area (Å²) in [7, 11) is 0. The van der Waals surface area contributed by atoms with Gasteiger partial charge >= 0.3 is 0 Å². The van der Waals surface area contributed by atoms with E-state index in [0.29, 0.717) is 0 Å². The fraction of sp³-hybridized carbons (Fsp3) is 0. The van der Waals surface area contributed by atoms with Gasteiger partial charge in [-0.1, -0.05) is 182 Å². The third kappa shape index (κ3) is 8.36. The molecule has 0 bridgehead atoms. The first-order valence-corrected chi connectivity index (χ1v) is 25.0. The first kappa shape index (κ1) is 43.9. The molecule has 0 N–H and O–H groups in total. The number of fused-ring (bicyclic) bond motifs is 2. The van der Waals surface area contributed by atoms with Crippen molar-refractivity contribution >= 4 is 45.4 Å². The third-order valence-electron chi connectivity index (χ3n) is 13.8. The lowest BCUT2D eigenvalue weighted by Crippen LogP contribution is -2.10. The average molecular weight is 949 g/mol. The lowest BCUT2D eigenvalue weighted by molar-refractivity contribution is 1.19. The molecular formula is C68H48N6. The minimum atomic E-state index is 0.914. The summed E-state index contributed by atoms with van der Waals surface area (Å²) >= 11 is 0. The monoisotopic (exact) mass is 948 g/mol. The van der Waals surface area contributed by atoms with Crippen LogP contribution in [0.4, 0.5) is 34.1 Å². The van der Waals surface area contributed by atoms with Crippen LogP contribution < -0.4 is 9.80 Å². The minimum absolute atomic E-state index is 0.914. The maximum Gasteiger partial charge on any atom is 0.137 e. The molecule has 13 aromatic rings. The number of para-hydroxylation sites is 1. The number of hydrogen-bond donors (Lipinski definition) is 0. The predicted octanol–water partition coefficient (Wildman–Crippen LogP) is 17.9. The van der Waals surface area contributed by atoms with E-state index in [9.17, 15) is 0 Å². The smallest absolute Gasteiger partial charge is 0.137 e. The summed E-state index contributed by atoms with van der Waals surface area (Å²) in [5.41, 5.74) is 21.3. The summed E-state index contributed by atoms with van der Waals surface area (Å²) in [5, 5.41) is 0. The molecule has 6 nitrogen and oxygen atoms in total. The molecule has 0 amide bonds. The lowest BCUT2D eigenvalue weighted by atomic mass is 10.0. The van der Waals surface area contributed by atoms with Gasteiger partial charge in [-0.3, -0.25) is 8.80 Å². The van der Waals surface area contributed by atoms with Crippen molar-refractivity contribution in [3.8, 4) is 67.3 Å². The maximum absolute atomic E-state index is 5.10. The fourth-order valence-corrected chi connectivity index (χ4v) is 10.2. The highest BCUT2D eigenvalue weighted by atomic mass is 15.1. The number of pyridine rings is 2. The molecule has 6 heteroatoms. The summed E-state index contributed by atoms with van der Waals surface area (Å²) < 4.78 is 4.37. The topological polar surface area (TPSA) is 41.1 Å². The number of imidazole rings is 2. The molecule has 0 saturated heterocycles. The average Bonchev–Trinajstić information content (AvgIpc) is 4.07. The Morgan fingerprint density at radius 3 is 0.811 bits per heavy atom. The first-order chi connectivity index (χ1) is 36.7. The van der Waals surface area contributed by atoms with Gasteiger partial charge in [-0.2, -0.15) is 0 Å². The van der Waals surface area contributed by atoms with E-state index in [2.05, 4.69) is 286 Å². The van der Waals surface area contributed by atoms with Gasteiger partial charge in [-0.05, 0) is 119 Å². The molecule has 0 aliphatic rings. The third-order valence-corrected chi connectivity index (χ3v) is 13.8. The Morgan fingerprint density at radius 2 is 0.473 bits per heavy atom. The van der Waals surface area contributed by atoms with Crippen molar-refractivity contribution in [2.24, 2.45) is 0 Å². The highest BCUT2D eigenvalue weighted by Crippen LogP contribution is 2.42. The van der Waals surface area contributed by atoms with E-state index >= 15 is 0 Å². The van der Waals surface area contributed by atoms with Crippen LogP contribution in [0.5, 0.6) is 0 Å². The molecule has 13 rings (SSSR count). The van der Waals surface area contributed by atoms with Gasteiger partial charge in [-0.25, -0.2) is 9.97 Å². The van der Waals surface area contributed by atoms with E-state index in [1.165, 1.54) is 11.1 Å². The van der Waals surface area contributed by atoms with Crippen molar-refractivity contribution in [2.45, 2.75) is 0 Å². The van der Waals surface area contributed by atoms with Crippen molar-refractivity contribution < 1.29 is 0 Å². The summed E-state index contributed by atoms with van der Waals surface area (Å²) in [4.78, 5) is 14.8. The normalized spacial score (nSPS) is 11.2. The van der Waals surface area contributed by atoms with Gasteiger partial charge in [-0.15, -0.1) is 0 Å². The highest BCUT2D eigenvalue weighted by Gasteiger charge is 2.20. The standard InChI is InChI=1S/C68H48N6/c1-5-17-49(18-6-1)50-27-37-59(38-28-50)74(62-45-35-56(36-46-62)68-66(54-21-9-3-10-22-54)70-64-26-14-16-48-72(64)68)60-41-31-52(32-42-60)51-29-39-58(40-30-51)73(57-23-11-4-12-24-57)61-43-33-55(34-44-61)67-65(53-19-7-2-8-20-53)69-63-25-13-15-47-71(63)67/h1-48H. The molecule has 0 fully saturated rings. The summed E-state index contributed by atoms with van der Waals surface area (Å²) in [5.74, 6) is 0. The van der Waals surface area contributed by atoms with Crippen molar-refractivity contribution in [1.82, 2.24) is 18.8 Å². The number of hydrogen-bond acceptors (Lipinski definition) is 4. The molecular weight excluding hydrogens is 901 g/mol. The number of rotatable bonds is 12. The Morgan fingerprint density at radius 1 is 0.216 bits per heavy atom. The SMILES string of the molecule is c1ccc(-c2ccc(N(c3ccc(-c4ccc(N(c5ccccc5)c5ccc(-c6c(-c7ccccc7)nc7ccccn67)cc5)cc4)cc3)c3ccc(-c4c(-c5ccccc5)nc5ccccn45)cc3)cc2)cc1. The zero-order valence-corrected chi connectivity index (χ0v) is 40.4. The molecule has 0 aliphatic heterocycles. The Bertz CT molecular complexity index is 4000. The molecule has 0 saturated carbocycles. The highest BCUT2D eigenvalue weighted by molar-refractivity contribution is 5.87. The number of benzene rings is 9. The van der Waals surface area contributed by atoms with Crippen LogP contribution in [-0.4, -0.2) is 18.8 Å². The van der Waals surface area contributed by atoms with Gasteiger partial charge in [0.05, 0.1) is 22.8 Å². The molecule has 9 aromatic carbocycles. The van der Waals surface area contributed by atoms with Crippen LogP contribution >= 0.6 is 0 Å². The van der Waals surface area contributed by atoms with Crippen LogP contribution in [0.3, 0.4) is 0 Å². The second-order valence-electron chi connectivity index (χ2n) is 18.3. The van der Waals surface area contributed by atoms with Crippen LogP contribution in [0.2, 0.25) is 0 Å². The molecule has 0 atom stereocenters. The van der Waals surface area contributed by atoms with Crippen molar-refractivity contribution in [3.05, 3.63) is 291 Å². The van der Waals surface area contributed by atoms with Crippen molar-refractivity contribution in [3.63, 3.8) is 0 Å². The van der Waals surface area contributed by atoms with Crippen LogP contribution in [0, 0.1) is 0 Å². The summed E-state index contributed by atoms with van der Waals surface area (Å²) in [6.07, 6.45) is 4.19. The van der Waals surface area contributed by atoms with E-state index < -0.39 is 0 Å². The predicted molar refractivity (Wildman–Crippen MR) is 306 cm³/mol. The van der Waals surface area contributed by atoms with Crippen molar-refractivity contribution in [2.75, 3.05) is 9.80 Å². The van der Waals surface area contributed by atoms with Gasteiger partial charge in [0.1, 0.15) is 11.3 Å². The Hall–Kier alpha value is -10.0. The summed E-state index contributed by atoms with van der Waals surface area (Å²) in [6, 6.07) is 98.7. The van der Waals surface area contributed by atoms with E-state index in [1.54, 1.807) is 0 Å². The Labute approximate surface area is 430 Å². The maximum atomic E-state index is 5.10. The number of nitrogens with zero attached hydrogens (tertiary/aromatic N) is 6. The van der Waals surface area contributed by atoms with E-state index in [1.807, 2.05) is 24.3 Å². The van der Waals surface area contributed by atoms with Crippen LogP contribution in [0.1, 0.15) is 0 Å². The second-order valence-corrected chi connectivity index (χ2v) is 18.3. The van der Waals surface area contributed by atoms with E-state index in [-0.39, 0.29) is 0 Å². The largest absolute Gasteiger partial charge is 0.311 e. The number of aromatic nitrogens is 4. The molecule has 0 spiro atoms. The van der Waals surface area contributed by atoms with Crippen LogP contribution in [0.25, 0.3) is 78.6 Å². The zero-order valence-electron chi connectivity index (χ0n) is 40.4. The van der Waals surface area contributed by atoms with Gasteiger partial charge in [0.15, 0.2) is 0 Å². The molecule has 4 heterocycles. The lowest BCUT2D eigenvalue weighted by Gasteiger charge is -2.26. The molecule has 0 unspecified atom stereocenters.